The number of nitrogens with zero attached hydrogens (tertiary/aromatic N) is 2. The smallest absolute Gasteiger partial charge is 0.164 e. The van der Waals surface area contributed by atoms with Gasteiger partial charge in [0.05, 0.1) is 32.5 Å². The largest absolute Gasteiger partial charge is 0.505 e. The van der Waals surface area contributed by atoms with Crippen LogP contribution in [0.25, 0.3) is 21.8 Å². The molecule has 0 amide bonds. The van der Waals surface area contributed by atoms with Gasteiger partial charge < -0.3 is 10.2 Å². The second kappa shape index (κ2) is 53.0. The first-order chi connectivity index (χ1) is 62.7. The van der Waals surface area contributed by atoms with Gasteiger partial charge in [0.1, 0.15) is 5.75 Å². The topological polar surface area (TPSA) is 92.5 Å². The van der Waals surface area contributed by atoms with Crippen molar-refractivity contribution in [3.63, 3.8) is 0 Å². The maximum absolute atomic E-state index is 11.8. The van der Waals surface area contributed by atoms with E-state index in [0.717, 1.165) is 69.8 Å². The van der Waals surface area contributed by atoms with Gasteiger partial charge in [-0.3, -0.25) is 4.79 Å². The number of aryl methyl sites for hydroxylation is 2. The summed E-state index contributed by atoms with van der Waals surface area (Å²) in [5.41, 5.74) is 5.95. The number of ether oxygens (including phenoxy) is 1. The summed E-state index contributed by atoms with van der Waals surface area (Å²) < 4.78 is 12.3. The van der Waals surface area contributed by atoms with Crippen LogP contribution in [0.2, 0.25) is 13.3 Å². The summed E-state index contributed by atoms with van der Waals surface area (Å²) in [5.74, 6) is 1.09. The molecule has 0 bridgehead atoms. The first kappa shape index (κ1) is 99.9. The van der Waals surface area contributed by atoms with Crippen LogP contribution >= 0.6 is 47.6 Å². The number of fused-ring (bicyclic) bond motifs is 2. The number of halogens is 1. The Bertz CT molecular complexity index is 5120. The minimum absolute atomic E-state index is 0. The van der Waals surface area contributed by atoms with Crippen molar-refractivity contribution in [1.82, 2.24) is 9.97 Å². The third-order valence-electron chi connectivity index (χ3n) is 22.6. The van der Waals surface area contributed by atoms with Crippen LogP contribution in [-0.2, 0) is 25.2 Å². The molecule has 14 aromatic carbocycles. The van der Waals surface area contributed by atoms with Gasteiger partial charge in [0.25, 0.3) is 0 Å². The van der Waals surface area contributed by atoms with Crippen molar-refractivity contribution in [2.75, 3.05) is 6.61 Å². The molecular weight excluding hydrogens is 1910 g/mol. The molecule has 2 N–H and O–H groups in total. The molecule has 0 radical (unpaired) electrons. The fourth-order valence-corrected chi connectivity index (χ4v) is 40.1. The Morgan fingerprint density at radius 3 is 0.783 bits per heavy atom. The molecule has 129 heavy (non-hydrogen) atoms. The average Bonchev–Trinajstić information content (AvgIpc) is 1.74. The van der Waals surface area contributed by atoms with E-state index in [1.54, 1.807) is 0 Å². The van der Waals surface area contributed by atoms with Crippen LogP contribution in [0.15, 0.2) is 415 Å². The van der Waals surface area contributed by atoms with Crippen LogP contribution in [0.5, 0.6) is 11.5 Å². The molecule has 0 atom stereocenters. The number of Topliss-reactive ketones (excluding diaryl/α,β-unsaturated/α-hetero) is 1. The van der Waals surface area contributed by atoms with Crippen LogP contribution in [0.4, 0.5) is 0 Å². The number of hydrogen-bond donors (Lipinski definition) is 2. The second-order valence-electron chi connectivity index (χ2n) is 32.3. The minimum atomic E-state index is -2.24. The summed E-state index contributed by atoms with van der Waals surface area (Å²) in [5, 5.41) is 38.9. The van der Waals surface area contributed by atoms with E-state index in [-0.39, 0.29) is 32.0 Å². The fraction of sp³-hybridized carbons (Fsp3) is 0.198. The average molecular weight is 2040 g/mol. The van der Waals surface area contributed by atoms with Crippen molar-refractivity contribution in [1.29, 1.82) is 0 Å². The summed E-state index contributed by atoms with van der Waals surface area (Å²) in [6, 6.07) is 141. The number of aromatic nitrogens is 2. The Morgan fingerprint density at radius 2 is 0.574 bits per heavy atom. The Morgan fingerprint density at radius 1 is 0.357 bits per heavy atom. The van der Waals surface area contributed by atoms with Crippen molar-refractivity contribution >= 4 is 157 Å². The molecule has 2 fully saturated rings. The minimum Gasteiger partial charge on any atom is -0.505 e. The SMILES string of the molecule is C=[C](OCC)[Sn]([CH2]CCC)([CH2]CCC)[CH2]CCC.CC(=O)c1c(O)c(C2CC2)nc2ccc(C)cc12.Cc1ccc2nc(C3CC3)c(O)c(Br)c2c1.[Pd].c1ccc(P(c2ccccc2)c2ccccc2)cc1.c1ccc(P(c2ccccc2)c2ccccc2)cc1.c1ccc(P(c2ccccc2)c2ccccc2)cc1.c1ccc(P(c2ccccc2)c2ccccc2)cc1. The zero-order valence-electron chi connectivity index (χ0n) is 75.5. The summed E-state index contributed by atoms with van der Waals surface area (Å²) in [4.78, 5) is 20.9. The first-order valence-electron chi connectivity index (χ1n) is 45.3. The number of carbonyl (C=O) groups is 1. The number of hydrogen-bond acceptors (Lipinski definition) is 6. The van der Waals surface area contributed by atoms with E-state index >= 15 is 0 Å². The van der Waals surface area contributed by atoms with E-state index in [2.05, 4.69) is 430 Å². The van der Waals surface area contributed by atoms with E-state index in [1.165, 1.54) is 132 Å². The van der Waals surface area contributed by atoms with Gasteiger partial charge in [0, 0.05) is 43.0 Å². The molecule has 660 valence electrons. The molecule has 2 aromatic heterocycles. The molecule has 2 heterocycles. The molecule has 16 aromatic rings. The summed E-state index contributed by atoms with van der Waals surface area (Å²) in [6.45, 7) is 19.7. The molecule has 6 nitrogen and oxygen atoms in total. The Balaban J connectivity index is 0.000000146. The van der Waals surface area contributed by atoms with E-state index < -0.39 is 50.1 Å². The van der Waals surface area contributed by atoms with Gasteiger partial charge >= 0.3 is 120 Å². The van der Waals surface area contributed by atoms with Crippen molar-refractivity contribution in [2.45, 2.75) is 138 Å². The number of carbonyl (C=O) groups excluding carboxylic acids is 1. The van der Waals surface area contributed by atoms with Crippen molar-refractivity contribution in [2.24, 2.45) is 0 Å². The number of pyridine rings is 2. The standard InChI is InChI=1S/4C18H15P.C15H15NO2.C13H12BrNO.C4H7O.3C4H9.Pd.Sn/c4*1-4-10-16(11-5-1)19(17-12-6-2-7-13-17)18-14-8-3-9-15-18;1-8-3-6-12-11(7-8)13(9(2)17)15(18)14(16-12)10-4-5-10;1-7-2-5-10-9(6-7)11(14)13(16)12(15-10)8-3-4-8;1-3-5-4-2;3*1-3-4-2;;/h4*1-15H;3,6-7,10,18H,4-5H2,1-2H3;2,5-6,8,16H,3-4H2,1H3;1,4H2,2H3;3*1,3-4H2,2H3;;. The number of unbranched alkanes of at least 4 members (excludes halogenated alkanes) is 3. The molecule has 0 spiro atoms. The number of ketones is 1. The summed E-state index contributed by atoms with van der Waals surface area (Å²) in [7, 11) is -1.78. The Labute approximate surface area is 799 Å². The van der Waals surface area contributed by atoms with Crippen LogP contribution in [0.3, 0.4) is 0 Å². The molecule has 0 saturated heterocycles. The maximum atomic E-state index is 11.8. The van der Waals surface area contributed by atoms with Gasteiger partial charge in [-0.05, 0) is 182 Å². The molecule has 13 heteroatoms. The van der Waals surface area contributed by atoms with Crippen molar-refractivity contribution in [3.05, 3.63) is 443 Å². The Hall–Kier alpha value is -9.63. The number of aromatic hydroxyl groups is 2. The molecule has 0 aliphatic heterocycles. The van der Waals surface area contributed by atoms with Gasteiger partial charge in [-0.1, -0.05) is 387 Å². The predicted molar refractivity (Wildman–Crippen MR) is 564 cm³/mol. The summed E-state index contributed by atoms with van der Waals surface area (Å²) >= 11 is 1.23. The third-order valence-corrected chi connectivity index (χ3v) is 48.2. The number of rotatable bonds is 27. The molecular formula is C116H121BrN2O4P4PdSn. The Kier molecular flexibility index (Phi) is 41.1. The van der Waals surface area contributed by atoms with Crippen LogP contribution in [0.1, 0.15) is 144 Å². The predicted octanol–water partition coefficient (Wildman–Crippen LogP) is 26.9. The van der Waals surface area contributed by atoms with Gasteiger partial charge in [-0.2, -0.15) is 0 Å². The zero-order chi connectivity index (χ0) is 89.7. The summed E-state index contributed by atoms with van der Waals surface area (Å²) in [6.07, 6.45) is 12.5. The monoisotopic (exact) mass is 2030 g/mol. The van der Waals surface area contributed by atoms with E-state index in [1.807, 2.05) is 44.2 Å². The molecule has 2 saturated carbocycles. The molecule has 2 aliphatic rings. The van der Waals surface area contributed by atoms with Crippen LogP contribution in [0, 0.1) is 13.8 Å². The first-order valence-corrected chi connectivity index (χ1v) is 58.9. The van der Waals surface area contributed by atoms with Gasteiger partial charge in [0.15, 0.2) is 11.5 Å². The fourth-order valence-electron chi connectivity index (χ4n) is 15.8. The zero-order valence-corrected chi connectivity index (χ0v) is 85.0. The molecule has 18 rings (SSSR count). The van der Waals surface area contributed by atoms with Crippen LogP contribution in [-0.4, -0.2) is 50.9 Å². The molecule has 2 aliphatic carbocycles. The maximum Gasteiger partial charge on any atom is 0.164 e. The van der Waals surface area contributed by atoms with E-state index in [0.29, 0.717) is 28.8 Å². The van der Waals surface area contributed by atoms with Gasteiger partial charge in [-0.15, -0.1) is 0 Å². The third kappa shape index (κ3) is 29.2. The van der Waals surface area contributed by atoms with Gasteiger partial charge in [0.2, 0.25) is 0 Å². The number of benzene rings is 14. The normalized spacial score (nSPS) is 11.9. The van der Waals surface area contributed by atoms with Crippen molar-refractivity contribution in [3.8, 4) is 11.5 Å². The van der Waals surface area contributed by atoms with Crippen LogP contribution < -0.4 is 63.7 Å². The molecule has 0 unspecified atom stereocenters. The van der Waals surface area contributed by atoms with E-state index in [4.69, 9.17) is 4.74 Å². The van der Waals surface area contributed by atoms with Gasteiger partial charge in [-0.25, -0.2) is 9.97 Å². The quantitative estimate of drug-likeness (QED) is 0.0231. The van der Waals surface area contributed by atoms with E-state index in [9.17, 15) is 15.0 Å². The van der Waals surface area contributed by atoms with Crippen molar-refractivity contribution < 1.29 is 40.2 Å². The second-order valence-corrected chi connectivity index (χ2v) is 55.2.